The van der Waals surface area contributed by atoms with Gasteiger partial charge >= 0.3 is 15.7 Å². The molecule has 122 valence electrons. The number of carbonyl (C=O) groups excluding carboxylic acids is 1. The molecule has 0 amide bonds. The van der Waals surface area contributed by atoms with Crippen LogP contribution in [0.5, 0.6) is 5.75 Å². The van der Waals surface area contributed by atoms with Crippen LogP contribution >= 0.6 is 0 Å². The van der Waals surface area contributed by atoms with Crippen LogP contribution in [0.15, 0.2) is 68.7 Å². The lowest BCUT2D eigenvalue weighted by Gasteiger charge is -2.08. The number of ketones is 1. The molecule has 0 N–H and O–H groups in total. The maximum Gasteiger partial charge on any atom is 0.339 e. The highest BCUT2D eigenvalue weighted by Gasteiger charge is 2.18. The van der Waals surface area contributed by atoms with Gasteiger partial charge in [-0.05, 0) is 43.3 Å². The maximum absolute atomic E-state index is 12.4. The van der Waals surface area contributed by atoms with Crippen molar-refractivity contribution >= 4 is 26.9 Å². The molecule has 6 nitrogen and oxygen atoms in total. The molecule has 2 aromatic carbocycles. The maximum atomic E-state index is 12.4. The second-order valence-corrected chi connectivity index (χ2v) is 6.62. The zero-order valence-electron chi connectivity index (χ0n) is 12.6. The third-order valence-electron chi connectivity index (χ3n) is 3.33. The summed E-state index contributed by atoms with van der Waals surface area (Å²) in [7, 11) is -4.09. The summed E-state index contributed by atoms with van der Waals surface area (Å²) >= 11 is 0. The van der Waals surface area contributed by atoms with E-state index in [1.807, 2.05) is 0 Å². The van der Waals surface area contributed by atoms with Crippen LogP contribution in [-0.2, 0) is 10.1 Å². The molecule has 0 saturated carbocycles. The summed E-state index contributed by atoms with van der Waals surface area (Å²) in [6, 6.07) is 12.6. The molecule has 3 aromatic rings. The summed E-state index contributed by atoms with van der Waals surface area (Å²) in [5, 5.41) is 0.455. The first-order chi connectivity index (χ1) is 11.3. The van der Waals surface area contributed by atoms with E-state index < -0.39 is 15.7 Å². The lowest BCUT2D eigenvalue weighted by molar-refractivity contribution is 0.101. The Hall–Kier alpha value is -2.93. The molecule has 0 bridgehead atoms. The minimum atomic E-state index is -4.09. The van der Waals surface area contributed by atoms with E-state index in [0.29, 0.717) is 10.9 Å². The number of carbonyl (C=O) groups is 1. The Kier molecular flexibility index (Phi) is 3.94. The van der Waals surface area contributed by atoms with Gasteiger partial charge < -0.3 is 8.60 Å². The van der Waals surface area contributed by atoms with E-state index in [1.54, 1.807) is 6.07 Å². The number of hydrogen-bond donors (Lipinski definition) is 0. The second kappa shape index (κ2) is 5.93. The highest BCUT2D eigenvalue weighted by atomic mass is 32.2. The van der Waals surface area contributed by atoms with Crippen LogP contribution < -0.4 is 9.81 Å². The van der Waals surface area contributed by atoms with Crippen LogP contribution in [0.2, 0.25) is 0 Å². The standard InChI is InChI=1S/C17H12O6S/c1-11(18)12-3-2-4-14(9-12)23-24(20,21)15-6-7-16-13(10-15)5-8-17(19)22-16/h2-10H,1H3. The van der Waals surface area contributed by atoms with Crippen molar-refractivity contribution in [1.82, 2.24) is 0 Å². The zero-order chi connectivity index (χ0) is 17.3. The van der Waals surface area contributed by atoms with Crippen molar-refractivity contribution in [1.29, 1.82) is 0 Å². The normalized spacial score (nSPS) is 11.4. The SMILES string of the molecule is CC(=O)c1cccc(OS(=O)(=O)c2ccc3oc(=O)ccc3c2)c1. The molecule has 7 heteroatoms. The van der Waals surface area contributed by atoms with E-state index in [9.17, 15) is 18.0 Å². The predicted octanol–water partition coefficient (Wildman–Crippen LogP) is 2.76. The topological polar surface area (TPSA) is 90.7 Å². The number of Topliss-reactive ketones (excluding diaryl/α,β-unsaturated/α-hetero) is 1. The van der Waals surface area contributed by atoms with Crippen LogP contribution in [0, 0.1) is 0 Å². The third kappa shape index (κ3) is 3.21. The average molecular weight is 344 g/mol. The van der Waals surface area contributed by atoms with Gasteiger partial charge in [-0.3, -0.25) is 4.79 Å². The Morgan fingerprint density at radius 3 is 2.58 bits per heavy atom. The fourth-order valence-electron chi connectivity index (χ4n) is 2.15. The highest BCUT2D eigenvalue weighted by Crippen LogP contribution is 2.23. The van der Waals surface area contributed by atoms with Crippen molar-refractivity contribution in [2.24, 2.45) is 0 Å². The summed E-state index contributed by atoms with van der Waals surface area (Å²) in [6.45, 7) is 1.38. The molecule has 0 aliphatic carbocycles. The van der Waals surface area contributed by atoms with Crippen molar-refractivity contribution in [3.8, 4) is 5.75 Å². The molecule has 0 saturated heterocycles. The van der Waals surface area contributed by atoms with Crippen molar-refractivity contribution in [2.45, 2.75) is 11.8 Å². The van der Waals surface area contributed by atoms with Gasteiger partial charge in [-0.1, -0.05) is 12.1 Å². The largest absolute Gasteiger partial charge is 0.423 e. The lowest BCUT2D eigenvalue weighted by Crippen LogP contribution is -2.10. The van der Waals surface area contributed by atoms with E-state index in [1.165, 1.54) is 55.5 Å². The summed E-state index contributed by atoms with van der Waals surface area (Å²) in [5.74, 6) is -0.152. The molecule has 1 aromatic heterocycles. The molecule has 0 atom stereocenters. The van der Waals surface area contributed by atoms with Crippen LogP contribution in [0.3, 0.4) is 0 Å². The molecule has 24 heavy (non-hydrogen) atoms. The van der Waals surface area contributed by atoms with Crippen molar-refractivity contribution < 1.29 is 21.8 Å². The average Bonchev–Trinajstić information content (AvgIpc) is 2.54. The first-order valence-corrected chi connectivity index (χ1v) is 8.35. The van der Waals surface area contributed by atoms with Gasteiger partial charge in [-0.25, -0.2) is 4.79 Å². The molecular formula is C17H12O6S. The molecule has 0 aliphatic heterocycles. The number of benzene rings is 2. The van der Waals surface area contributed by atoms with Crippen LogP contribution in [0.1, 0.15) is 17.3 Å². The van der Waals surface area contributed by atoms with Crippen LogP contribution in [-0.4, -0.2) is 14.2 Å². The first-order valence-electron chi connectivity index (χ1n) is 6.94. The van der Waals surface area contributed by atoms with Crippen LogP contribution in [0.25, 0.3) is 11.0 Å². The molecule has 0 aliphatic rings. The quantitative estimate of drug-likeness (QED) is 0.411. The second-order valence-electron chi connectivity index (χ2n) is 5.08. The van der Waals surface area contributed by atoms with Gasteiger partial charge in [-0.15, -0.1) is 0 Å². The molecule has 0 unspecified atom stereocenters. The highest BCUT2D eigenvalue weighted by molar-refractivity contribution is 7.87. The molecule has 3 rings (SSSR count). The van der Waals surface area contributed by atoms with E-state index in [-0.39, 0.29) is 22.0 Å². The smallest absolute Gasteiger partial charge is 0.339 e. The predicted molar refractivity (Wildman–Crippen MR) is 86.7 cm³/mol. The van der Waals surface area contributed by atoms with E-state index in [4.69, 9.17) is 8.60 Å². The minimum Gasteiger partial charge on any atom is -0.423 e. The van der Waals surface area contributed by atoms with Gasteiger partial charge in [0, 0.05) is 17.0 Å². The summed E-state index contributed by atoms with van der Waals surface area (Å²) in [5.41, 5.74) is 0.110. The van der Waals surface area contributed by atoms with Crippen molar-refractivity contribution in [2.75, 3.05) is 0 Å². The molecule has 0 fully saturated rings. The molecular weight excluding hydrogens is 332 g/mol. The van der Waals surface area contributed by atoms with Gasteiger partial charge in [0.15, 0.2) is 5.78 Å². The van der Waals surface area contributed by atoms with Gasteiger partial charge in [0.25, 0.3) is 0 Å². The van der Waals surface area contributed by atoms with Gasteiger partial charge in [-0.2, -0.15) is 8.42 Å². The summed E-state index contributed by atoms with van der Waals surface area (Å²) in [6.07, 6.45) is 0. The van der Waals surface area contributed by atoms with Crippen molar-refractivity contribution in [3.05, 3.63) is 70.6 Å². The third-order valence-corrected chi connectivity index (χ3v) is 4.57. The monoisotopic (exact) mass is 344 g/mol. The fraction of sp³-hybridized carbons (Fsp3) is 0.0588. The van der Waals surface area contributed by atoms with Gasteiger partial charge in [0.05, 0.1) is 0 Å². The first kappa shape index (κ1) is 15.9. The number of fused-ring (bicyclic) bond motifs is 1. The van der Waals surface area contributed by atoms with E-state index in [0.717, 1.165) is 0 Å². The van der Waals surface area contributed by atoms with E-state index in [2.05, 4.69) is 0 Å². The van der Waals surface area contributed by atoms with Gasteiger partial charge in [0.2, 0.25) is 0 Å². The Bertz CT molecular complexity index is 1100. The number of hydrogen-bond acceptors (Lipinski definition) is 6. The molecule has 0 spiro atoms. The van der Waals surface area contributed by atoms with Crippen LogP contribution in [0.4, 0.5) is 0 Å². The molecule has 0 radical (unpaired) electrons. The fourth-order valence-corrected chi connectivity index (χ4v) is 3.11. The summed E-state index contributed by atoms with van der Waals surface area (Å²) in [4.78, 5) is 22.4. The Balaban J connectivity index is 1.98. The minimum absolute atomic E-state index is 0.0439. The molecule has 1 heterocycles. The van der Waals surface area contributed by atoms with E-state index >= 15 is 0 Å². The summed E-state index contributed by atoms with van der Waals surface area (Å²) < 4.78 is 34.8. The number of rotatable bonds is 4. The Morgan fingerprint density at radius 2 is 1.83 bits per heavy atom. The lowest BCUT2D eigenvalue weighted by atomic mass is 10.1. The zero-order valence-corrected chi connectivity index (χ0v) is 13.4. The van der Waals surface area contributed by atoms with Crippen molar-refractivity contribution in [3.63, 3.8) is 0 Å². The van der Waals surface area contributed by atoms with Gasteiger partial charge in [0.1, 0.15) is 16.2 Å². The Morgan fingerprint density at radius 1 is 1.04 bits per heavy atom. The Labute approximate surface area is 137 Å².